The number of hydrogen-bond acceptors (Lipinski definition) is 3. The van der Waals surface area contributed by atoms with E-state index in [-0.39, 0.29) is 12.1 Å². The summed E-state index contributed by atoms with van der Waals surface area (Å²) in [4.78, 5) is 17.9. The molecule has 0 bridgehead atoms. The van der Waals surface area contributed by atoms with E-state index < -0.39 is 5.60 Å². The average molecular weight is 238 g/mol. The van der Waals surface area contributed by atoms with Gasteiger partial charge in [-0.05, 0) is 40.2 Å². The maximum Gasteiger partial charge on any atom is 0.411 e. The van der Waals surface area contributed by atoms with Crippen LogP contribution in [0.25, 0.3) is 0 Å². The number of aliphatic imine (C=N–C) groups is 1. The van der Waals surface area contributed by atoms with Gasteiger partial charge in [0.1, 0.15) is 5.60 Å². The highest BCUT2D eigenvalue weighted by Gasteiger charge is 2.35. The highest BCUT2D eigenvalue weighted by molar-refractivity contribution is 6.06. The predicted octanol–water partition coefficient (Wildman–Crippen LogP) is 2.64. The Balaban J connectivity index is 2.85. The van der Waals surface area contributed by atoms with Gasteiger partial charge in [-0.2, -0.15) is 0 Å². The number of nitrogens with zero attached hydrogens (tertiary/aromatic N) is 2. The van der Waals surface area contributed by atoms with Crippen molar-refractivity contribution >= 4 is 11.8 Å². The van der Waals surface area contributed by atoms with Gasteiger partial charge < -0.3 is 4.74 Å². The summed E-state index contributed by atoms with van der Waals surface area (Å²) < 4.78 is 5.38. The van der Waals surface area contributed by atoms with Crippen LogP contribution in [0.2, 0.25) is 0 Å². The maximum absolute atomic E-state index is 12.0. The van der Waals surface area contributed by atoms with E-state index in [1.807, 2.05) is 40.7 Å². The van der Waals surface area contributed by atoms with Crippen LogP contribution in [0.15, 0.2) is 16.6 Å². The minimum absolute atomic E-state index is 0.0357. The van der Waals surface area contributed by atoms with Crippen molar-refractivity contribution in [3.63, 3.8) is 0 Å². The highest BCUT2D eigenvalue weighted by atomic mass is 16.6. The number of rotatable bonds is 0. The normalized spacial score (nSPS) is 25.8. The smallest absolute Gasteiger partial charge is 0.411 e. The zero-order valence-corrected chi connectivity index (χ0v) is 11.6. The molecular weight excluding hydrogens is 216 g/mol. The zero-order valence-electron chi connectivity index (χ0n) is 11.6. The summed E-state index contributed by atoms with van der Waals surface area (Å²) in [6.07, 6.45) is 1.74. The molecule has 1 atom stereocenters. The van der Waals surface area contributed by atoms with Crippen molar-refractivity contribution in [2.45, 2.75) is 46.3 Å². The van der Waals surface area contributed by atoms with Gasteiger partial charge in [-0.3, -0.25) is 9.89 Å². The van der Waals surface area contributed by atoms with Crippen molar-refractivity contribution in [3.8, 4) is 0 Å². The number of carbonyl (C=O) groups excluding carboxylic acids is 1. The quantitative estimate of drug-likeness (QED) is 0.651. The molecule has 1 amide bonds. The lowest BCUT2D eigenvalue weighted by Crippen LogP contribution is -2.39. The average Bonchev–Trinajstić information content (AvgIpc) is 2.52. The Morgan fingerprint density at radius 1 is 1.53 bits per heavy atom. The van der Waals surface area contributed by atoms with Crippen molar-refractivity contribution in [2.24, 2.45) is 4.99 Å². The summed E-state index contributed by atoms with van der Waals surface area (Å²) in [7, 11) is 1.75. The van der Waals surface area contributed by atoms with Crippen LogP contribution in [-0.2, 0) is 4.74 Å². The molecule has 0 spiro atoms. The number of hydrogen-bond donors (Lipinski definition) is 0. The third-order valence-electron chi connectivity index (χ3n) is 2.78. The predicted molar refractivity (Wildman–Crippen MR) is 69.5 cm³/mol. The summed E-state index contributed by atoms with van der Waals surface area (Å²) in [5.74, 6) is 0. The molecule has 1 fully saturated rings. The Labute approximate surface area is 103 Å². The van der Waals surface area contributed by atoms with Crippen LogP contribution < -0.4 is 0 Å². The number of carbonyl (C=O) groups is 1. The van der Waals surface area contributed by atoms with Gasteiger partial charge in [0.2, 0.25) is 0 Å². The molecule has 4 nitrogen and oxygen atoms in total. The molecule has 0 aliphatic carbocycles. The number of amides is 1. The number of allylic oxidation sites excluding steroid dienone is 1. The van der Waals surface area contributed by atoms with Gasteiger partial charge >= 0.3 is 6.09 Å². The molecule has 0 saturated carbocycles. The van der Waals surface area contributed by atoms with Gasteiger partial charge in [0.15, 0.2) is 0 Å². The Hall–Kier alpha value is -1.32. The van der Waals surface area contributed by atoms with E-state index in [1.165, 1.54) is 0 Å². The Morgan fingerprint density at radius 2 is 2.12 bits per heavy atom. The lowest BCUT2D eigenvalue weighted by molar-refractivity contribution is 0.0259. The molecule has 1 aliphatic rings. The topological polar surface area (TPSA) is 41.9 Å². The summed E-state index contributed by atoms with van der Waals surface area (Å²) in [5, 5.41) is 0. The molecule has 1 unspecified atom stereocenters. The van der Waals surface area contributed by atoms with Crippen molar-refractivity contribution in [1.29, 1.82) is 0 Å². The van der Waals surface area contributed by atoms with E-state index in [2.05, 4.69) is 4.99 Å². The van der Waals surface area contributed by atoms with E-state index in [1.54, 1.807) is 11.9 Å². The van der Waals surface area contributed by atoms with E-state index in [0.29, 0.717) is 6.54 Å². The molecule has 1 rings (SSSR count). The first kappa shape index (κ1) is 13.7. The third-order valence-corrected chi connectivity index (χ3v) is 2.78. The summed E-state index contributed by atoms with van der Waals surface area (Å²) >= 11 is 0. The van der Waals surface area contributed by atoms with Gasteiger partial charge in [0, 0.05) is 7.05 Å². The SMILES string of the molecule is CC=C1C(=NC)CN(C(=O)OC(C)(C)C)C1C. The monoisotopic (exact) mass is 238 g/mol. The zero-order chi connectivity index (χ0) is 13.2. The molecule has 0 aromatic carbocycles. The number of ether oxygens (including phenoxy) is 1. The molecular formula is C13H22N2O2. The van der Waals surface area contributed by atoms with Crippen LogP contribution in [-0.4, -0.2) is 41.9 Å². The van der Waals surface area contributed by atoms with Gasteiger partial charge in [-0.1, -0.05) is 6.08 Å². The van der Waals surface area contributed by atoms with E-state index in [4.69, 9.17) is 4.74 Å². The first-order valence-electron chi connectivity index (χ1n) is 5.92. The summed E-state index contributed by atoms with van der Waals surface area (Å²) in [5.41, 5.74) is 1.61. The van der Waals surface area contributed by atoms with Gasteiger partial charge in [-0.15, -0.1) is 0 Å². The van der Waals surface area contributed by atoms with Crippen molar-refractivity contribution in [1.82, 2.24) is 4.90 Å². The first-order valence-corrected chi connectivity index (χ1v) is 5.92. The van der Waals surface area contributed by atoms with Crippen molar-refractivity contribution in [3.05, 3.63) is 11.6 Å². The van der Waals surface area contributed by atoms with Crippen LogP contribution in [0.4, 0.5) is 4.79 Å². The van der Waals surface area contributed by atoms with Crippen molar-refractivity contribution in [2.75, 3.05) is 13.6 Å². The minimum atomic E-state index is -0.459. The minimum Gasteiger partial charge on any atom is -0.444 e. The molecule has 0 aromatic heterocycles. The van der Waals surface area contributed by atoms with Crippen LogP contribution in [0.5, 0.6) is 0 Å². The lowest BCUT2D eigenvalue weighted by atomic mass is 10.1. The van der Waals surface area contributed by atoms with E-state index in [0.717, 1.165) is 11.3 Å². The Morgan fingerprint density at radius 3 is 2.47 bits per heavy atom. The summed E-state index contributed by atoms with van der Waals surface area (Å²) in [6, 6.07) is 0.0357. The van der Waals surface area contributed by atoms with Crippen LogP contribution >= 0.6 is 0 Å². The second kappa shape index (κ2) is 4.90. The Kier molecular flexibility index (Phi) is 3.96. The molecule has 0 N–H and O–H groups in total. The lowest BCUT2D eigenvalue weighted by Gasteiger charge is -2.26. The summed E-state index contributed by atoms with van der Waals surface area (Å²) in [6.45, 7) is 10.1. The molecule has 17 heavy (non-hydrogen) atoms. The standard InChI is InChI=1S/C13H22N2O2/c1-7-10-9(2)15(8-11(10)14-6)12(16)17-13(3,4)5/h7,9H,8H2,1-6H3. The fourth-order valence-electron chi connectivity index (χ4n) is 1.95. The molecule has 96 valence electrons. The van der Waals surface area contributed by atoms with Crippen molar-refractivity contribution < 1.29 is 9.53 Å². The van der Waals surface area contributed by atoms with Gasteiger partial charge in [-0.25, -0.2) is 4.79 Å². The molecule has 0 radical (unpaired) electrons. The second-order valence-electron chi connectivity index (χ2n) is 5.20. The largest absolute Gasteiger partial charge is 0.444 e. The molecule has 1 saturated heterocycles. The Bertz CT molecular complexity index is 364. The first-order chi connectivity index (χ1) is 7.80. The fourth-order valence-corrected chi connectivity index (χ4v) is 1.95. The van der Waals surface area contributed by atoms with Gasteiger partial charge in [0.25, 0.3) is 0 Å². The molecule has 4 heteroatoms. The highest BCUT2D eigenvalue weighted by Crippen LogP contribution is 2.23. The van der Waals surface area contributed by atoms with Crippen LogP contribution in [0.3, 0.4) is 0 Å². The van der Waals surface area contributed by atoms with E-state index in [9.17, 15) is 4.79 Å². The number of likely N-dealkylation sites (tertiary alicyclic amines) is 1. The molecule has 1 aliphatic heterocycles. The third kappa shape index (κ3) is 3.08. The van der Waals surface area contributed by atoms with Crippen LogP contribution in [0.1, 0.15) is 34.6 Å². The van der Waals surface area contributed by atoms with Crippen LogP contribution in [0, 0.1) is 0 Å². The second-order valence-corrected chi connectivity index (χ2v) is 5.20. The van der Waals surface area contributed by atoms with Gasteiger partial charge in [0.05, 0.1) is 18.3 Å². The fraction of sp³-hybridized carbons (Fsp3) is 0.692. The maximum atomic E-state index is 12.0. The van der Waals surface area contributed by atoms with E-state index >= 15 is 0 Å². The molecule has 1 heterocycles. The molecule has 0 aromatic rings.